The molecule has 0 radical (unpaired) electrons. The number of nitrogens with zero attached hydrogens (tertiary/aromatic N) is 2. The van der Waals surface area contributed by atoms with Crippen molar-refractivity contribution in [3.63, 3.8) is 0 Å². The van der Waals surface area contributed by atoms with E-state index in [-0.39, 0.29) is 12.0 Å². The summed E-state index contributed by atoms with van der Waals surface area (Å²) in [6.45, 7) is 5.35. The molecule has 1 atom stereocenters. The molecule has 2 heterocycles. The third-order valence-corrected chi connectivity index (χ3v) is 6.55. The van der Waals surface area contributed by atoms with Gasteiger partial charge in [-0.1, -0.05) is 17.4 Å². The summed E-state index contributed by atoms with van der Waals surface area (Å²) >= 11 is 1.52. The maximum Gasteiger partial charge on any atom is 0.264 e. The molecule has 3 aromatic rings. The minimum absolute atomic E-state index is 0.000960. The highest BCUT2D eigenvalue weighted by Gasteiger charge is 2.29. The number of hydrogen-bond donors (Lipinski definition) is 0. The van der Waals surface area contributed by atoms with Crippen LogP contribution in [0.2, 0.25) is 0 Å². The smallest absolute Gasteiger partial charge is 0.264 e. The summed E-state index contributed by atoms with van der Waals surface area (Å²) in [6.07, 6.45) is 1.94. The van der Waals surface area contributed by atoms with Crippen molar-refractivity contribution in [3.8, 4) is 11.5 Å². The van der Waals surface area contributed by atoms with E-state index in [0.29, 0.717) is 28.7 Å². The molecule has 0 N–H and O–H groups in total. The molecule has 1 aliphatic heterocycles. The minimum Gasteiger partial charge on any atom is -0.493 e. The molecule has 0 spiro atoms. The maximum absolute atomic E-state index is 13.7. The molecular weight excluding hydrogens is 400 g/mol. The Morgan fingerprint density at radius 2 is 2.03 bits per heavy atom. The van der Waals surface area contributed by atoms with Gasteiger partial charge in [-0.2, -0.15) is 0 Å². The predicted molar refractivity (Wildman–Crippen MR) is 119 cm³/mol. The Balaban J connectivity index is 1.78. The molecule has 1 aliphatic rings. The summed E-state index contributed by atoms with van der Waals surface area (Å²) in [7, 11) is 3.11. The van der Waals surface area contributed by atoms with E-state index < -0.39 is 0 Å². The van der Waals surface area contributed by atoms with Crippen LogP contribution in [0.4, 0.5) is 5.13 Å². The van der Waals surface area contributed by atoms with Crippen molar-refractivity contribution < 1.29 is 19.0 Å². The average Bonchev–Trinajstić information content (AvgIpc) is 3.40. The van der Waals surface area contributed by atoms with Crippen LogP contribution in [0.15, 0.2) is 30.3 Å². The highest BCUT2D eigenvalue weighted by Crippen LogP contribution is 2.36. The lowest BCUT2D eigenvalue weighted by molar-refractivity contribution is 0.0914. The van der Waals surface area contributed by atoms with Gasteiger partial charge in [-0.3, -0.25) is 9.69 Å². The lowest BCUT2D eigenvalue weighted by Crippen LogP contribution is -2.37. The Hall–Kier alpha value is -2.64. The quantitative estimate of drug-likeness (QED) is 0.569. The number of aryl methyl sites for hydroxylation is 2. The zero-order chi connectivity index (χ0) is 21.3. The average molecular weight is 427 g/mol. The molecule has 158 valence electrons. The number of anilines is 1. The molecule has 2 aromatic carbocycles. The standard InChI is InChI=1S/C23H26N2O4S/c1-14-11-18-20(12-15(14)2)30-23(24-18)25(13-16-7-6-10-29-16)22(26)17-8-5-9-19(27-3)21(17)28-4/h5,8-9,11-12,16H,6-7,10,13H2,1-4H3. The highest BCUT2D eigenvalue weighted by atomic mass is 32.1. The number of para-hydroxylation sites is 1. The van der Waals surface area contributed by atoms with Crippen molar-refractivity contribution in [2.45, 2.75) is 32.8 Å². The summed E-state index contributed by atoms with van der Waals surface area (Å²) in [5.41, 5.74) is 3.75. The number of benzene rings is 2. The van der Waals surface area contributed by atoms with Gasteiger partial charge in [0.15, 0.2) is 16.6 Å². The minimum atomic E-state index is -0.172. The molecule has 7 heteroatoms. The van der Waals surface area contributed by atoms with Crippen LogP contribution in [-0.2, 0) is 4.74 Å². The number of hydrogen-bond acceptors (Lipinski definition) is 6. The zero-order valence-electron chi connectivity index (χ0n) is 17.7. The SMILES string of the molecule is COc1cccc(C(=O)N(CC2CCCO2)c2nc3cc(C)c(C)cc3s2)c1OC. The number of amides is 1. The molecule has 0 aliphatic carbocycles. The number of rotatable bonds is 6. The molecule has 1 amide bonds. The number of carbonyl (C=O) groups is 1. The van der Waals surface area contributed by atoms with E-state index in [0.717, 1.165) is 29.7 Å². The van der Waals surface area contributed by atoms with Gasteiger partial charge in [0.1, 0.15) is 0 Å². The Labute approximate surface area is 180 Å². The van der Waals surface area contributed by atoms with Gasteiger partial charge in [-0.05, 0) is 62.1 Å². The fraction of sp³-hybridized carbons (Fsp3) is 0.391. The first kappa shape index (κ1) is 20.6. The molecule has 4 rings (SSSR count). The first-order chi connectivity index (χ1) is 14.5. The van der Waals surface area contributed by atoms with Gasteiger partial charge in [-0.25, -0.2) is 4.98 Å². The lowest BCUT2D eigenvalue weighted by Gasteiger charge is -2.24. The summed E-state index contributed by atoms with van der Waals surface area (Å²) in [5, 5.41) is 0.667. The molecule has 0 bridgehead atoms. The van der Waals surface area contributed by atoms with Crippen molar-refractivity contribution in [2.75, 3.05) is 32.3 Å². The molecule has 1 unspecified atom stereocenters. The van der Waals surface area contributed by atoms with Crippen molar-refractivity contribution in [3.05, 3.63) is 47.0 Å². The molecule has 1 saturated heterocycles. The van der Waals surface area contributed by atoms with Crippen LogP contribution in [0.5, 0.6) is 11.5 Å². The summed E-state index contributed by atoms with van der Waals surface area (Å²) in [4.78, 5) is 20.2. The Kier molecular flexibility index (Phi) is 5.92. The third kappa shape index (κ3) is 3.87. The Morgan fingerprint density at radius 1 is 1.23 bits per heavy atom. The number of thiazole rings is 1. The van der Waals surface area contributed by atoms with Crippen LogP contribution in [0.25, 0.3) is 10.2 Å². The van der Waals surface area contributed by atoms with Crippen LogP contribution in [0, 0.1) is 13.8 Å². The molecule has 0 saturated carbocycles. The van der Waals surface area contributed by atoms with E-state index in [1.54, 1.807) is 37.3 Å². The van der Waals surface area contributed by atoms with Crippen molar-refractivity contribution in [1.82, 2.24) is 4.98 Å². The first-order valence-corrected chi connectivity index (χ1v) is 10.9. The molecule has 30 heavy (non-hydrogen) atoms. The van der Waals surface area contributed by atoms with Gasteiger partial charge < -0.3 is 14.2 Å². The first-order valence-electron chi connectivity index (χ1n) is 10.0. The number of ether oxygens (including phenoxy) is 3. The molecule has 6 nitrogen and oxygen atoms in total. The number of methoxy groups -OCH3 is 2. The van der Waals surface area contributed by atoms with E-state index in [1.807, 2.05) is 0 Å². The van der Waals surface area contributed by atoms with Crippen LogP contribution in [0.1, 0.15) is 34.3 Å². The molecular formula is C23H26N2O4S. The van der Waals surface area contributed by atoms with E-state index >= 15 is 0 Å². The second kappa shape index (κ2) is 8.62. The number of fused-ring (bicyclic) bond motifs is 1. The molecule has 1 aromatic heterocycles. The predicted octanol–water partition coefficient (Wildman–Crippen LogP) is 4.76. The van der Waals surface area contributed by atoms with E-state index in [4.69, 9.17) is 19.2 Å². The largest absolute Gasteiger partial charge is 0.493 e. The monoisotopic (exact) mass is 426 g/mol. The Bertz CT molecular complexity index is 1030. The summed E-state index contributed by atoms with van der Waals surface area (Å²) in [5.74, 6) is 0.778. The second-order valence-electron chi connectivity index (χ2n) is 7.49. The van der Waals surface area contributed by atoms with Gasteiger partial charge in [0.2, 0.25) is 0 Å². The van der Waals surface area contributed by atoms with Crippen LogP contribution >= 0.6 is 11.3 Å². The van der Waals surface area contributed by atoms with Gasteiger partial charge in [0.25, 0.3) is 5.91 Å². The topological polar surface area (TPSA) is 60.9 Å². The zero-order valence-corrected chi connectivity index (χ0v) is 18.5. The van der Waals surface area contributed by atoms with E-state index in [9.17, 15) is 4.79 Å². The van der Waals surface area contributed by atoms with Gasteiger partial charge in [0, 0.05) is 6.61 Å². The summed E-state index contributed by atoms with van der Waals surface area (Å²) in [6, 6.07) is 9.54. The summed E-state index contributed by atoms with van der Waals surface area (Å²) < 4.78 is 17.8. The van der Waals surface area contributed by atoms with Gasteiger partial charge >= 0.3 is 0 Å². The van der Waals surface area contributed by atoms with Crippen LogP contribution in [-0.4, -0.2) is 44.4 Å². The lowest BCUT2D eigenvalue weighted by atomic mass is 10.1. The second-order valence-corrected chi connectivity index (χ2v) is 8.50. The van der Waals surface area contributed by atoms with E-state index in [1.165, 1.54) is 22.5 Å². The van der Waals surface area contributed by atoms with E-state index in [2.05, 4.69) is 26.0 Å². The van der Waals surface area contributed by atoms with Crippen LogP contribution in [0.3, 0.4) is 0 Å². The van der Waals surface area contributed by atoms with Crippen molar-refractivity contribution in [2.24, 2.45) is 0 Å². The van der Waals surface area contributed by atoms with Crippen molar-refractivity contribution in [1.29, 1.82) is 0 Å². The Morgan fingerprint density at radius 3 is 2.73 bits per heavy atom. The fourth-order valence-corrected chi connectivity index (χ4v) is 4.78. The number of carbonyl (C=O) groups excluding carboxylic acids is 1. The van der Waals surface area contributed by atoms with Crippen molar-refractivity contribution >= 4 is 32.6 Å². The maximum atomic E-state index is 13.7. The third-order valence-electron chi connectivity index (χ3n) is 5.51. The van der Waals surface area contributed by atoms with Gasteiger partial charge in [0.05, 0.1) is 42.6 Å². The van der Waals surface area contributed by atoms with Gasteiger partial charge in [-0.15, -0.1) is 0 Å². The fourth-order valence-electron chi connectivity index (χ4n) is 3.72. The number of aromatic nitrogens is 1. The highest BCUT2D eigenvalue weighted by molar-refractivity contribution is 7.22. The normalized spacial score (nSPS) is 16.1. The van der Waals surface area contributed by atoms with Crippen LogP contribution < -0.4 is 14.4 Å². The molecule has 1 fully saturated rings.